The number of hydrogen-bond donors (Lipinski definition) is 2. The van der Waals surface area contributed by atoms with E-state index in [0.717, 1.165) is 12.8 Å². The van der Waals surface area contributed by atoms with Gasteiger partial charge in [-0.1, -0.05) is 30.3 Å². The maximum atomic E-state index is 8.36. The molecule has 2 aromatic rings. The number of benzene rings is 1. The summed E-state index contributed by atoms with van der Waals surface area (Å²) in [5.41, 5.74) is 3.95. The van der Waals surface area contributed by atoms with Gasteiger partial charge in [0.1, 0.15) is 0 Å². The lowest BCUT2D eigenvalue weighted by Crippen LogP contribution is -1.94. The third-order valence-electron chi connectivity index (χ3n) is 2.51. The number of rotatable bonds is 4. The van der Waals surface area contributed by atoms with Crippen LogP contribution in [0.2, 0.25) is 0 Å². The fraction of sp³-hybridized carbons (Fsp3) is 0.214. The molecule has 0 bridgehead atoms. The Morgan fingerprint density at radius 1 is 1.22 bits per heavy atom. The van der Waals surface area contributed by atoms with Gasteiger partial charge in [-0.2, -0.15) is 0 Å². The molecule has 1 aromatic heterocycles. The highest BCUT2D eigenvalue weighted by Gasteiger charge is 2.03. The normalized spacial score (nSPS) is 9.39. The molecule has 0 unspecified atom stereocenters. The molecule has 0 saturated heterocycles. The van der Waals surface area contributed by atoms with Gasteiger partial charge in [-0.25, -0.2) is 0 Å². The van der Waals surface area contributed by atoms with E-state index in [1.165, 1.54) is 16.8 Å². The topological polar surface area (TPSA) is 53.1 Å². The van der Waals surface area contributed by atoms with Gasteiger partial charge in [-0.15, -0.1) is 11.6 Å². The Morgan fingerprint density at radius 2 is 1.89 bits per heavy atom. The lowest BCUT2D eigenvalue weighted by atomic mass is 10.0. The molecule has 3 nitrogen and oxygen atoms in total. The summed E-state index contributed by atoms with van der Waals surface area (Å²) in [7, 11) is 0. The maximum absolute atomic E-state index is 8.36. The van der Waals surface area contributed by atoms with Crippen LogP contribution in [-0.4, -0.2) is 22.4 Å². The third-order valence-corrected chi connectivity index (χ3v) is 2.70. The quantitative estimate of drug-likeness (QED) is 0.659. The molecule has 0 radical (unpaired) electrons. The zero-order valence-electron chi connectivity index (χ0n) is 9.97. The Balaban J connectivity index is 0.000000492. The van der Waals surface area contributed by atoms with Crippen LogP contribution in [0, 0.1) is 0 Å². The number of alkyl halides is 1. The summed E-state index contributed by atoms with van der Waals surface area (Å²) in [5, 5.41) is 6.89. The highest BCUT2D eigenvalue weighted by Crippen LogP contribution is 2.14. The predicted octanol–water partition coefficient (Wildman–Crippen LogP) is 3.09. The summed E-state index contributed by atoms with van der Waals surface area (Å²) in [4.78, 5) is 11.6. The number of nitrogens with one attached hydrogen (secondary N) is 1. The van der Waals surface area contributed by atoms with Crippen molar-refractivity contribution in [3.8, 4) is 0 Å². The molecule has 2 N–H and O–H groups in total. The van der Waals surface area contributed by atoms with Gasteiger partial charge in [0, 0.05) is 24.2 Å². The molecule has 96 valence electrons. The zero-order chi connectivity index (χ0) is 13.2. The molecule has 1 heterocycles. The minimum absolute atomic E-state index is 0.250. The van der Waals surface area contributed by atoms with Gasteiger partial charge in [0.05, 0.1) is 0 Å². The van der Waals surface area contributed by atoms with Crippen LogP contribution in [0.1, 0.15) is 16.8 Å². The van der Waals surface area contributed by atoms with Gasteiger partial charge in [0.2, 0.25) is 0 Å². The Labute approximate surface area is 111 Å². The number of carbonyl (C=O) groups is 1. The second kappa shape index (κ2) is 8.37. The van der Waals surface area contributed by atoms with E-state index >= 15 is 0 Å². The molecular formula is C14H16ClNO2. The van der Waals surface area contributed by atoms with Crippen LogP contribution >= 0.6 is 11.6 Å². The van der Waals surface area contributed by atoms with Gasteiger partial charge in [0.15, 0.2) is 0 Å². The van der Waals surface area contributed by atoms with Gasteiger partial charge < -0.3 is 10.1 Å². The SMILES string of the molecule is ClCCc1[nH]ccc1Cc1ccccc1.O=CO. The molecule has 0 fully saturated rings. The van der Waals surface area contributed by atoms with Crippen LogP contribution in [0.5, 0.6) is 0 Å². The van der Waals surface area contributed by atoms with E-state index in [9.17, 15) is 0 Å². The molecule has 0 aliphatic heterocycles. The Morgan fingerprint density at radius 3 is 2.50 bits per heavy atom. The summed E-state index contributed by atoms with van der Waals surface area (Å²) in [6, 6.07) is 12.6. The first kappa shape index (κ1) is 14.3. The van der Waals surface area contributed by atoms with Crippen LogP contribution < -0.4 is 0 Å². The van der Waals surface area contributed by atoms with Crippen molar-refractivity contribution in [3.05, 3.63) is 59.4 Å². The molecule has 18 heavy (non-hydrogen) atoms. The van der Waals surface area contributed by atoms with Crippen molar-refractivity contribution >= 4 is 18.1 Å². The minimum atomic E-state index is -0.250. The first-order valence-corrected chi connectivity index (χ1v) is 6.18. The van der Waals surface area contributed by atoms with E-state index in [-0.39, 0.29) is 6.47 Å². The third kappa shape index (κ3) is 4.63. The predicted molar refractivity (Wildman–Crippen MR) is 73.2 cm³/mol. The highest BCUT2D eigenvalue weighted by molar-refractivity contribution is 6.17. The standard InChI is InChI=1S/C13H14ClN.CH2O2/c14-8-6-13-12(7-9-15-13)10-11-4-2-1-3-5-11;2-1-3/h1-5,7,9,15H,6,8,10H2;1H,(H,2,3). The van der Waals surface area contributed by atoms with Crippen molar-refractivity contribution in [1.82, 2.24) is 4.98 Å². The first-order chi connectivity index (χ1) is 8.81. The van der Waals surface area contributed by atoms with Crippen molar-refractivity contribution in [3.63, 3.8) is 0 Å². The van der Waals surface area contributed by atoms with Crippen LogP contribution in [0.4, 0.5) is 0 Å². The van der Waals surface area contributed by atoms with Crippen molar-refractivity contribution in [2.75, 3.05) is 5.88 Å². The number of H-pyrrole nitrogens is 1. The molecule has 2 rings (SSSR count). The number of hydrogen-bond acceptors (Lipinski definition) is 1. The molecule has 0 atom stereocenters. The lowest BCUT2D eigenvalue weighted by Gasteiger charge is -2.02. The second-order valence-corrected chi connectivity index (χ2v) is 4.07. The van der Waals surface area contributed by atoms with E-state index in [1.807, 2.05) is 12.3 Å². The number of aromatic amines is 1. The number of aromatic nitrogens is 1. The molecule has 0 spiro atoms. The molecule has 0 aliphatic carbocycles. The molecule has 0 saturated carbocycles. The largest absolute Gasteiger partial charge is 0.483 e. The monoisotopic (exact) mass is 265 g/mol. The van der Waals surface area contributed by atoms with Crippen molar-refractivity contribution in [2.24, 2.45) is 0 Å². The Hall–Kier alpha value is -1.74. The minimum Gasteiger partial charge on any atom is -0.483 e. The molecule has 0 aliphatic rings. The average Bonchev–Trinajstić information content (AvgIpc) is 2.80. The van der Waals surface area contributed by atoms with Crippen LogP contribution in [-0.2, 0) is 17.6 Å². The van der Waals surface area contributed by atoms with Crippen LogP contribution in [0.3, 0.4) is 0 Å². The zero-order valence-corrected chi connectivity index (χ0v) is 10.7. The second-order valence-electron chi connectivity index (χ2n) is 3.69. The average molecular weight is 266 g/mol. The van der Waals surface area contributed by atoms with Crippen LogP contribution in [0.25, 0.3) is 0 Å². The molecular weight excluding hydrogens is 250 g/mol. The summed E-state index contributed by atoms with van der Waals surface area (Å²) in [5.74, 6) is 0.669. The van der Waals surface area contributed by atoms with Crippen molar-refractivity contribution < 1.29 is 9.90 Å². The summed E-state index contributed by atoms with van der Waals surface area (Å²) < 4.78 is 0. The number of carboxylic acid groups (broad SMARTS) is 1. The van der Waals surface area contributed by atoms with Gasteiger partial charge >= 0.3 is 0 Å². The molecule has 0 amide bonds. The first-order valence-electron chi connectivity index (χ1n) is 5.64. The van der Waals surface area contributed by atoms with E-state index in [2.05, 4.69) is 35.3 Å². The number of halogens is 1. The maximum Gasteiger partial charge on any atom is 0.290 e. The summed E-state index contributed by atoms with van der Waals surface area (Å²) in [6.45, 7) is -0.250. The van der Waals surface area contributed by atoms with Crippen molar-refractivity contribution in [1.29, 1.82) is 0 Å². The van der Waals surface area contributed by atoms with Crippen molar-refractivity contribution in [2.45, 2.75) is 12.8 Å². The molecule has 4 heteroatoms. The highest BCUT2D eigenvalue weighted by atomic mass is 35.5. The van der Waals surface area contributed by atoms with E-state index in [4.69, 9.17) is 21.5 Å². The van der Waals surface area contributed by atoms with Crippen LogP contribution in [0.15, 0.2) is 42.6 Å². The molecule has 1 aromatic carbocycles. The fourth-order valence-corrected chi connectivity index (χ4v) is 1.93. The van der Waals surface area contributed by atoms with Gasteiger partial charge in [-0.3, -0.25) is 4.79 Å². The Kier molecular flexibility index (Phi) is 6.66. The Bertz CT molecular complexity index is 454. The van der Waals surface area contributed by atoms with E-state index in [1.54, 1.807) is 0 Å². The van der Waals surface area contributed by atoms with Gasteiger partial charge in [-0.05, 0) is 23.6 Å². The summed E-state index contributed by atoms with van der Waals surface area (Å²) >= 11 is 5.75. The summed E-state index contributed by atoms with van der Waals surface area (Å²) in [6.07, 6.45) is 3.88. The smallest absolute Gasteiger partial charge is 0.290 e. The fourth-order valence-electron chi connectivity index (χ4n) is 1.74. The van der Waals surface area contributed by atoms with Gasteiger partial charge in [0.25, 0.3) is 6.47 Å². The number of aryl methyl sites for hydroxylation is 1. The van der Waals surface area contributed by atoms with E-state index in [0.29, 0.717) is 5.88 Å². The van der Waals surface area contributed by atoms with E-state index < -0.39 is 0 Å². The lowest BCUT2D eigenvalue weighted by molar-refractivity contribution is -0.122.